The number of hydrogen-bond donors (Lipinski definition) is 1. The van der Waals surface area contributed by atoms with Gasteiger partial charge in [0.25, 0.3) is 11.8 Å². The number of nitrogens with two attached hydrogens (primary N) is 1. The van der Waals surface area contributed by atoms with Crippen LogP contribution in [-0.2, 0) is 20.7 Å². The van der Waals surface area contributed by atoms with Crippen molar-refractivity contribution in [1.82, 2.24) is 9.78 Å². The second-order valence-corrected chi connectivity index (χ2v) is 12.9. The number of hydrogen-bond acceptors (Lipinski definition) is 6. The number of amides is 2. The molecule has 2 aromatic carbocycles. The number of aromatic nitrogens is 2. The Morgan fingerprint density at radius 1 is 1.13 bits per heavy atom. The smallest absolute Gasteiger partial charge is 0.277 e. The van der Waals surface area contributed by atoms with Crippen molar-refractivity contribution in [3.05, 3.63) is 70.8 Å². The lowest BCUT2D eigenvalue weighted by atomic mass is 9.88. The number of methoxy groups -OCH3 is 1. The standard InChI is InChI=1S/C27H27FN4O5S/c1-37-18-7-8-20(19(28)13-18)32-23-21(22(30-32)24(29)33)26(9-10-26)14-31(25(23)34)17-5-3-16(4-6-17)27(11-12-27)15-38(2,35)36/h3-8,13H,9-12,14-15H2,1-2H3,(H2,29,33). The lowest BCUT2D eigenvalue weighted by Gasteiger charge is -2.33. The Morgan fingerprint density at radius 3 is 2.34 bits per heavy atom. The molecule has 2 saturated carbocycles. The maximum absolute atomic E-state index is 15.1. The van der Waals surface area contributed by atoms with E-state index < -0.39 is 32.9 Å². The molecular formula is C27H27FN4O5S. The average Bonchev–Trinajstić information content (AvgIpc) is 3.78. The molecule has 11 heteroatoms. The third kappa shape index (κ3) is 3.87. The molecule has 2 N–H and O–H groups in total. The number of rotatable bonds is 7. The summed E-state index contributed by atoms with van der Waals surface area (Å²) in [6, 6.07) is 11.6. The van der Waals surface area contributed by atoms with E-state index in [2.05, 4.69) is 5.10 Å². The van der Waals surface area contributed by atoms with Crippen molar-refractivity contribution in [2.24, 2.45) is 5.73 Å². The van der Waals surface area contributed by atoms with Crippen LogP contribution in [0.25, 0.3) is 5.69 Å². The van der Waals surface area contributed by atoms with Gasteiger partial charge in [-0.3, -0.25) is 9.59 Å². The van der Waals surface area contributed by atoms with Crippen LogP contribution in [0.4, 0.5) is 10.1 Å². The molecule has 198 valence electrons. The number of ether oxygens (including phenoxy) is 1. The lowest BCUT2D eigenvalue weighted by Crippen LogP contribution is -2.45. The number of fused-ring (bicyclic) bond motifs is 2. The molecule has 3 aromatic rings. The van der Waals surface area contributed by atoms with Crippen LogP contribution in [0.3, 0.4) is 0 Å². The molecule has 0 unspecified atom stereocenters. The highest BCUT2D eigenvalue weighted by atomic mass is 32.2. The van der Waals surface area contributed by atoms with Gasteiger partial charge in [-0.2, -0.15) is 5.10 Å². The van der Waals surface area contributed by atoms with Gasteiger partial charge in [-0.15, -0.1) is 0 Å². The first-order valence-corrected chi connectivity index (χ1v) is 14.4. The van der Waals surface area contributed by atoms with Crippen LogP contribution in [0.1, 0.15) is 57.8 Å². The Balaban J connectivity index is 1.43. The highest BCUT2D eigenvalue weighted by Gasteiger charge is 2.56. The van der Waals surface area contributed by atoms with Crippen molar-refractivity contribution < 1.29 is 27.1 Å². The molecule has 0 saturated heterocycles. The fourth-order valence-corrected chi connectivity index (χ4v) is 7.22. The topological polar surface area (TPSA) is 125 Å². The van der Waals surface area contributed by atoms with E-state index in [-0.39, 0.29) is 28.2 Å². The predicted molar refractivity (Wildman–Crippen MR) is 138 cm³/mol. The summed E-state index contributed by atoms with van der Waals surface area (Å²) in [5.74, 6) is -1.45. The molecule has 2 heterocycles. The Labute approximate surface area is 219 Å². The number of carbonyl (C=O) groups is 2. The quantitative estimate of drug-likeness (QED) is 0.493. The van der Waals surface area contributed by atoms with E-state index in [1.807, 2.05) is 24.3 Å². The molecule has 2 fully saturated rings. The molecule has 2 aliphatic carbocycles. The minimum Gasteiger partial charge on any atom is -0.497 e. The maximum atomic E-state index is 15.1. The second kappa shape index (κ2) is 8.13. The number of benzene rings is 2. The zero-order valence-corrected chi connectivity index (χ0v) is 21.8. The summed E-state index contributed by atoms with van der Waals surface area (Å²) >= 11 is 0. The highest BCUT2D eigenvalue weighted by molar-refractivity contribution is 7.90. The van der Waals surface area contributed by atoms with Crippen molar-refractivity contribution in [2.75, 3.05) is 30.6 Å². The largest absolute Gasteiger partial charge is 0.497 e. The summed E-state index contributed by atoms with van der Waals surface area (Å²) in [5, 5.41) is 4.34. The highest BCUT2D eigenvalue weighted by Crippen LogP contribution is 2.55. The zero-order chi connectivity index (χ0) is 27.0. The molecule has 38 heavy (non-hydrogen) atoms. The summed E-state index contributed by atoms with van der Waals surface area (Å²) in [7, 11) is -1.72. The SMILES string of the molecule is COc1ccc(-n2nc(C(N)=O)c3c2C(=O)N(c2ccc(C4(CS(C)(=O)=O)CC4)cc2)CC32CC2)c(F)c1. The molecule has 1 aromatic heterocycles. The van der Waals surface area contributed by atoms with Crippen molar-refractivity contribution in [2.45, 2.75) is 36.5 Å². The monoisotopic (exact) mass is 538 g/mol. The molecule has 1 aliphatic heterocycles. The first-order chi connectivity index (χ1) is 18.0. The van der Waals surface area contributed by atoms with Gasteiger partial charge in [-0.1, -0.05) is 12.1 Å². The average molecular weight is 539 g/mol. The fraction of sp³-hybridized carbons (Fsp3) is 0.370. The number of carbonyl (C=O) groups excluding carboxylic acids is 2. The van der Waals surface area contributed by atoms with Gasteiger partial charge in [0, 0.05) is 40.9 Å². The van der Waals surface area contributed by atoms with Gasteiger partial charge in [-0.05, 0) is 55.5 Å². The van der Waals surface area contributed by atoms with Crippen LogP contribution >= 0.6 is 0 Å². The molecular weight excluding hydrogens is 511 g/mol. The van der Waals surface area contributed by atoms with Crippen molar-refractivity contribution in [1.29, 1.82) is 0 Å². The molecule has 0 radical (unpaired) electrons. The number of anilines is 1. The summed E-state index contributed by atoms with van der Waals surface area (Å²) in [6.07, 6.45) is 4.32. The van der Waals surface area contributed by atoms with Gasteiger partial charge in [0.2, 0.25) is 0 Å². The number of halogens is 1. The van der Waals surface area contributed by atoms with Crippen molar-refractivity contribution >= 4 is 27.3 Å². The molecule has 0 atom stereocenters. The molecule has 6 rings (SSSR count). The third-order valence-corrected chi connectivity index (χ3v) is 9.05. The summed E-state index contributed by atoms with van der Waals surface area (Å²) in [4.78, 5) is 28.0. The first kappa shape index (κ1) is 24.6. The fourth-order valence-electron chi connectivity index (χ4n) is 5.76. The maximum Gasteiger partial charge on any atom is 0.277 e. The number of sulfone groups is 1. The molecule has 9 nitrogen and oxygen atoms in total. The van der Waals surface area contributed by atoms with Crippen molar-refractivity contribution in [3.63, 3.8) is 0 Å². The van der Waals surface area contributed by atoms with E-state index in [9.17, 15) is 18.0 Å². The number of primary amides is 1. The molecule has 0 bridgehead atoms. The van der Waals surface area contributed by atoms with E-state index in [1.54, 1.807) is 11.0 Å². The van der Waals surface area contributed by atoms with Crippen LogP contribution in [0.2, 0.25) is 0 Å². The van der Waals surface area contributed by atoms with Gasteiger partial charge in [0.05, 0.1) is 12.9 Å². The van der Waals surface area contributed by atoms with E-state index in [1.165, 1.54) is 30.2 Å². The lowest BCUT2D eigenvalue weighted by molar-refractivity contribution is 0.0966. The van der Waals surface area contributed by atoms with E-state index >= 15 is 4.39 Å². The summed E-state index contributed by atoms with van der Waals surface area (Å²) in [6.45, 7) is 0.337. The Morgan fingerprint density at radius 2 is 1.82 bits per heavy atom. The van der Waals surface area contributed by atoms with Gasteiger partial charge in [0.1, 0.15) is 27.0 Å². The van der Waals surface area contributed by atoms with Crippen LogP contribution in [0, 0.1) is 5.82 Å². The summed E-state index contributed by atoms with van der Waals surface area (Å²) in [5.41, 5.74) is 6.94. The van der Waals surface area contributed by atoms with Crippen LogP contribution < -0.4 is 15.4 Å². The minimum atomic E-state index is -3.14. The Bertz CT molecular complexity index is 1600. The van der Waals surface area contributed by atoms with Crippen LogP contribution in [-0.4, -0.2) is 55.7 Å². The van der Waals surface area contributed by atoms with Gasteiger partial charge < -0.3 is 15.4 Å². The molecule has 1 spiro atoms. The van der Waals surface area contributed by atoms with Crippen LogP contribution in [0.5, 0.6) is 5.75 Å². The number of nitrogens with zero attached hydrogens (tertiary/aromatic N) is 3. The predicted octanol–water partition coefficient (Wildman–Crippen LogP) is 2.89. The molecule has 3 aliphatic rings. The van der Waals surface area contributed by atoms with E-state index in [0.717, 1.165) is 31.2 Å². The molecule has 2 amide bonds. The van der Waals surface area contributed by atoms with Crippen molar-refractivity contribution in [3.8, 4) is 11.4 Å². The Hall–Kier alpha value is -3.73. The zero-order valence-electron chi connectivity index (χ0n) is 21.0. The van der Waals surface area contributed by atoms with Crippen LogP contribution in [0.15, 0.2) is 42.5 Å². The summed E-state index contributed by atoms with van der Waals surface area (Å²) < 4.78 is 45.3. The van der Waals surface area contributed by atoms with Gasteiger partial charge in [-0.25, -0.2) is 17.5 Å². The second-order valence-electron chi connectivity index (χ2n) is 10.7. The first-order valence-electron chi connectivity index (χ1n) is 12.3. The third-order valence-electron chi connectivity index (χ3n) is 7.98. The van der Waals surface area contributed by atoms with E-state index in [4.69, 9.17) is 10.5 Å². The van der Waals surface area contributed by atoms with Gasteiger partial charge in [0.15, 0.2) is 11.5 Å². The minimum absolute atomic E-state index is 0.00680. The Kier molecular flexibility index (Phi) is 5.26. The van der Waals surface area contributed by atoms with Gasteiger partial charge >= 0.3 is 0 Å². The normalized spacial score (nSPS) is 18.8. The van der Waals surface area contributed by atoms with E-state index in [0.29, 0.717) is 23.5 Å².